The van der Waals surface area contributed by atoms with Crippen LogP contribution in [0.3, 0.4) is 0 Å². The summed E-state index contributed by atoms with van der Waals surface area (Å²) in [5.41, 5.74) is 0.898. The molecular formula is C22H24N6O4S. The van der Waals surface area contributed by atoms with Gasteiger partial charge in [-0.2, -0.15) is 0 Å². The summed E-state index contributed by atoms with van der Waals surface area (Å²) in [6.07, 6.45) is 2.34. The third kappa shape index (κ3) is 5.25. The van der Waals surface area contributed by atoms with E-state index in [-0.39, 0.29) is 24.1 Å². The van der Waals surface area contributed by atoms with Crippen molar-refractivity contribution in [3.05, 3.63) is 54.4 Å². The molecule has 0 atom stereocenters. The Kier molecular flexibility index (Phi) is 7.08. The van der Waals surface area contributed by atoms with E-state index in [0.717, 1.165) is 23.7 Å². The number of hydrogen-bond donors (Lipinski definition) is 0. The fraction of sp³-hybridized carbons (Fsp3) is 0.318. The molecule has 10 nitrogen and oxygen atoms in total. The number of benzene rings is 1. The lowest BCUT2D eigenvalue weighted by molar-refractivity contribution is -0.129. The first-order chi connectivity index (χ1) is 16.1. The Balaban J connectivity index is 1.43. The molecule has 0 aliphatic heterocycles. The van der Waals surface area contributed by atoms with Gasteiger partial charge in [-0.1, -0.05) is 18.7 Å². The van der Waals surface area contributed by atoms with Crippen LogP contribution in [0.4, 0.5) is 0 Å². The van der Waals surface area contributed by atoms with Crippen molar-refractivity contribution in [1.29, 1.82) is 0 Å². The first kappa shape index (κ1) is 22.6. The average molecular weight is 469 g/mol. The smallest absolute Gasteiger partial charge is 0.283 e. The van der Waals surface area contributed by atoms with Gasteiger partial charge in [0.25, 0.3) is 5.89 Å². The summed E-state index contributed by atoms with van der Waals surface area (Å²) < 4.78 is 18.1. The maximum Gasteiger partial charge on any atom is 0.283 e. The minimum Gasteiger partial charge on any atom is -0.497 e. The van der Waals surface area contributed by atoms with E-state index in [1.165, 1.54) is 18.0 Å². The predicted molar refractivity (Wildman–Crippen MR) is 121 cm³/mol. The second kappa shape index (κ2) is 10.3. The van der Waals surface area contributed by atoms with Gasteiger partial charge in [-0.15, -0.1) is 20.4 Å². The Morgan fingerprint density at radius 2 is 1.97 bits per heavy atom. The summed E-state index contributed by atoms with van der Waals surface area (Å²) in [4.78, 5) is 14.7. The first-order valence-electron chi connectivity index (χ1n) is 10.4. The summed E-state index contributed by atoms with van der Waals surface area (Å²) in [5.74, 6) is 2.78. The lowest BCUT2D eigenvalue weighted by atomic mass is 10.3. The monoisotopic (exact) mass is 468 g/mol. The molecular weight excluding hydrogens is 444 g/mol. The molecule has 1 aromatic carbocycles. The minimum absolute atomic E-state index is 0.0541. The van der Waals surface area contributed by atoms with E-state index in [1.807, 2.05) is 42.7 Å². The molecule has 0 bridgehead atoms. The molecule has 4 rings (SSSR count). The van der Waals surface area contributed by atoms with Gasteiger partial charge in [-0.25, -0.2) is 0 Å². The number of methoxy groups -OCH3 is 1. The number of carbonyl (C=O) groups is 1. The Morgan fingerprint density at radius 1 is 1.15 bits per heavy atom. The Bertz CT molecular complexity index is 1190. The van der Waals surface area contributed by atoms with Crippen molar-refractivity contribution in [3.63, 3.8) is 0 Å². The van der Waals surface area contributed by atoms with E-state index in [9.17, 15) is 4.79 Å². The fourth-order valence-electron chi connectivity index (χ4n) is 3.22. The second-order valence-electron chi connectivity index (χ2n) is 7.15. The van der Waals surface area contributed by atoms with Crippen LogP contribution in [-0.2, 0) is 11.3 Å². The van der Waals surface area contributed by atoms with Crippen LogP contribution in [0.5, 0.6) is 5.75 Å². The topological polar surface area (TPSA) is 112 Å². The van der Waals surface area contributed by atoms with Crippen molar-refractivity contribution >= 4 is 17.7 Å². The summed E-state index contributed by atoms with van der Waals surface area (Å²) in [7, 11) is 1.63. The molecule has 3 heterocycles. The molecule has 0 radical (unpaired) electrons. The highest BCUT2D eigenvalue weighted by molar-refractivity contribution is 7.99. The molecule has 3 aromatic heterocycles. The van der Waals surface area contributed by atoms with Crippen LogP contribution in [0.1, 0.15) is 25.1 Å². The molecule has 0 N–H and O–H groups in total. The van der Waals surface area contributed by atoms with Gasteiger partial charge in [0.1, 0.15) is 11.6 Å². The fourth-order valence-corrected chi connectivity index (χ4v) is 4.13. The largest absolute Gasteiger partial charge is 0.497 e. The van der Waals surface area contributed by atoms with Crippen molar-refractivity contribution in [2.75, 3.05) is 19.4 Å². The zero-order chi connectivity index (χ0) is 23.2. The SMILES string of the molecule is CCCN(Cc1nnc(-c2ccco2)o1)C(=O)CSc1nnc(C)n1-c1ccc(OC)cc1. The number of furan rings is 1. The number of nitrogens with zero attached hydrogens (tertiary/aromatic N) is 6. The zero-order valence-corrected chi connectivity index (χ0v) is 19.4. The van der Waals surface area contributed by atoms with Gasteiger partial charge >= 0.3 is 0 Å². The number of aryl methyl sites for hydroxylation is 1. The van der Waals surface area contributed by atoms with Crippen molar-refractivity contribution in [2.24, 2.45) is 0 Å². The summed E-state index contributed by atoms with van der Waals surface area (Å²) >= 11 is 1.33. The number of rotatable bonds is 10. The summed E-state index contributed by atoms with van der Waals surface area (Å²) in [5, 5.41) is 17.1. The van der Waals surface area contributed by atoms with E-state index < -0.39 is 0 Å². The van der Waals surface area contributed by atoms with Crippen molar-refractivity contribution < 1.29 is 18.4 Å². The molecule has 4 aromatic rings. The van der Waals surface area contributed by atoms with Crippen molar-refractivity contribution in [1.82, 2.24) is 29.9 Å². The van der Waals surface area contributed by atoms with E-state index in [2.05, 4.69) is 20.4 Å². The predicted octanol–water partition coefficient (Wildman–Crippen LogP) is 3.76. The number of ether oxygens (including phenoxy) is 1. The Labute approximate surface area is 195 Å². The highest BCUT2D eigenvalue weighted by atomic mass is 32.2. The van der Waals surface area contributed by atoms with Crippen LogP contribution in [0.2, 0.25) is 0 Å². The average Bonchev–Trinajstić information content (AvgIpc) is 3.58. The molecule has 33 heavy (non-hydrogen) atoms. The van der Waals surface area contributed by atoms with Crippen molar-refractivity contribution in [3.8, 4) is 23.1 Å². The zero-order valence-electron chi connectivity index (χ0n) is 18.6. The van der Waals surface area contributed by atoms with Gasteiger partial charge in [0, 0.05) is 12.2 Å². The molecule has 0 saturated carbocycles. The highest BCUT2D eigenvalue weighted by Gasteiger charge is 2.20. The van der Waals surface area contributed by atoms with Crippen molar-refractivity contribution in [2.45, 2.75) is 32.0 Å². The second-order valence-corrected chi connectivity index (χ2v) is 8.09. The first-order valence-corrected chi connectivity index (χ1v) is 11.4. The number of amides is 1. The van der Waals surface area contributed by atoms with Gasteiger partial charge in [-0.05, 0) is 49.7 Å². The third-order valence-corrected chi connectivity index (χ3v) is 5.74. The van der Waals surface area contributed by atoms with Crippen LogP contribution >= 0.6 is 11.8 Å². The van der Waals surface area contributed by atoms with Crippen LogP contribution < -0.4 is 4.74 Å². The van der Waals surface area contributed by atoms with E-state index in [4.69, 9.17) is 13.6 Å². The third-order valence-electron chi connectivity index (χ3n) is 4.82. The summed E-state index contributed by atoms with van der Waals surface area (Å²) in [6.45, 7) is 4.69. The van der Waals surface area contributed by atoms with Gasteiger partial charge in [-0.3, -0.25) is 9.36 Å². The summed E-state index contributed by atoms with van der Waals surface area (Å²) in [6, 6.07) is 11.1. The molecule has 0 aliphatic rings. The van der Waals surface area contributed by atoms with Crippen LogP contribution in [0.25, 0.3) is 17.3 Å². The maximum atomic E-state index is 13.0. The quantitative estimate of drug-likeness (QED) is 0.321. The molecule has 0 aliphatic carbocycles. The lowest BCUT2D eigenvalue weighted by Gasteiger charge is -2.20. The minimum atomic E-state index is -0.0541. The molecule has 1 amide bonds. The van der Waals surface area contributed by atoms with E-state index >= 15 is 0 Å². The van der Waals surface area contributed by atoms with Crippen LogP contribution in [0.15, 0.2) is 56.7 Å². The lowest BCUT2D eigenvalue weighted by Crippen LogP contribution is -2.32. The molecule has 0 unspecified atom stereocenters. The molecule has 0 spiro atoms. The molecule has 0 fully saturated rings. The number of carbonyl (C=O) groups excluding carboxylic acids is 1. The Hall–Kier alpha value is -3.60. The van der Waals surface area contributed by atoms with E-state index in [0.29, 0.717) is 23.4 Å². The Morgan fingerprint density at radius 3 is 2.67 bits per heavy atom. The van der Waals surface area contributed by atoms with Gasteiger partial charge < -0.3 is 18.5 Å². The molecule has 172 valence electrons. The molecule has 11 heteroatoms. The number of thioether (sulfide) groups is 1. The highest BCUT2D eigenvalue weighted by Crippen LogP contribution is 2.24. The number of hydrogen-bond acceptors (Lipinski definition) is 9. The van der Waals surface area contributed by atoms with Crippen LogP contribution in [-0.4, -0.2) is 55.2 Å². The van der Waals surface area contributed by atoms with E-state index in [1.54, 1.807) is 24.1 Å². The number of aromatic nitrogens is 5. The standard InChI is InChI=1S/C22H24N6O4S/c1-4-11-27(13-19-24-25-21(32-19)18-6-5-12-31-18)20(29)14-33-22-26-23-15(2)28(22)16-7-9-17(30-3)10-8-16/h5-10,12H,4,11,13-14H2,1-3H3. The van der Waals surface area contributed by atoms with Gasteiger partial charge in [0.15, 0.2) is 10.9 Å². The molecule has 0 saturated heterocycles. The van der Waals surface area contributed by atoms with Crippen LogP contribution in [0, 0.1) is 6.92 Å². The normalized spacial score (nSPS) is 11.0. The van der Waals surface area contributed by atoms with Gasteiger partial charge in [0.05, 0.1) is 25.7 Å². The maximum absolute atomic E-state index is 13.0. The van der Waals surface area contributed by atoms with Gasteiger partial charge in [0.2, 0.25) is 11.8 Å².